The molecule has 4 aliphatic heterocycles. The predicted octanol–water partition coefficient (Wildman–Crippen LogP) is 14.9. The van der Waals surface area contributed by atoms with E-state index in [1.54, 1.807) is 42.9 Å². The fraction of sp³-hybridized carbons (Fsp3) is 0.120. The summed E-state index contributed by atoms with van der Waals surface area (Å²) in [5.74, 6) is -0.0998. The van der Waals surface area contributed by atoms with E-state index in [1.165, 1.54) is 12.9 Å². The first-order chi connectivity index (χ1) is 44.9. The van der Waals surface area contributed by atoms with Crippen molar-refractivity contribution in [1.29, 1.82) is 0 Å². The van der Waals surface area contributed by atoms with E-state index < -0.39 is 48.2 Å². The molecule has 7 heterocycles. The van der Waals surface area contributed by atoms with Crippen LogP contribution in [-0.4, -0.2) is 79.4 Å². The Bertz CT molecular complexity index is 5100. The lowest BCUT2D eigenvalue weighted by atomic mass is 9.92. The van der Waals surface area contributed by atoms with Crippen molar-refractivity contribution in [2.75, 3.05) is 31.2 Å². The van der Waals surface area contributed by atoms with Crippen LogP contribution in [-0.2, 0) is 46.3 Å². The summed E-state index contributed by atoms with van der Waals surface area (Å²) in [4.78, 5) is 12.6. The molecule has 1 saturated heterocycles. The van der Waals surface area contributed by atoms with Gasteiger partial charge in [0.25, 0.3) is 10.0 Å². The molecule has 0 saturated carbocycles. The Balaban J connectivity index is 0.000000121. The van der Waals surface area contributed by atoms with Crippen LogP contribution in [0, 0.1) is 0 Å². The first-order valence-corrected chi connectivity index (χ1v) is 35.1. The van der Waals surface area contributed by atoms with Gasteiger partial charge in [-0.2, -0.15) is 0 Å². The van der Waals surface area contributed by atoms with Gasteiger partial charge < -0.3 is 24.6 Å². The number of aromatic amines is 3. The highest BCUT2D eigenvalue weighted by molar-refractivity contribution is 7.89. The van der Waals surface area contributed by atoms with Gasteiger partial charge in [0.15, 0.2) is 0 Å². The van der Waals surface area contributed by atoms with Gasteiger partial charge in [-0.3, -0.25) is 12.9 Å². The highest BCUT2D eigenvalue weighted by atomic mass is 32.2. The monoisotopic (exact) mass is 1270 g/mol. The molecule has 3 atom stereocenters. The Labute approximate surface area is 535 Å². The lowest BCUT2D eigenvalue weighted by molar-refractivity contribution is 0.122. The summed E-state index contributed by atoms with van der Waals surface area (Å²) in [6.07, 6.45) is 16.5. The zero-order valence-electron chi connectivity index (χ0n) is 50.0. The zero-order chi connectivity index (χ0) is 62.8. The van der Waals surface area contributed by atoms with Gasteiger partial charge in [-0.15, -0.1) is 0 Å². The van der Waals surface area contributed by atoms with Gasteiger partial charge in [-0.05, 0) is 105 Å². The molecule has 0 aliphatic carbocycles. The Hall–Kier alpha value is -10.2. The van der Waals surface area contributed by atoms with Crippen molar-refractivity contribution in [2.45, 2.75) is 34.5 Å². The van der Waals surface area contributed by atoms with Crippen molar-refractivity contribution in [3.63, 3.8) is 0 Å². The number of fused-ring (bicyclic) bond motifs is 6. The number of ether oxygens (including phenoxy) is 1. The molecule has 4 aliphatic rings. The van der Waals surface area contributed by atoms with E-state index in [9.17, 15) is 25.3 Å². The molecule has 3 aromatic heterocycles. The van der Waals surface area contributed by atoms with E-state index in [4.69, 9.17) is 4.74 Å². The molecule has 17 heteroatoms. The van der Waals surface area contributed by atoms with E-state index in [2.05, 4.69) is 38.1 Å². The van der Waals surface area contributed by atoms with Gasteiger partial charge in [0, 0.05) is 105 Å². The van der Waals surface area contributed by atoms with Gasteiger partial charge in [0.1, 0.15) is 0 Å². The van der Waals surface area contributed by atoms with Gasteiger partial charge in [-0.1, -0.05) is 188 Å². The van der Waals surface area contributed by atoms with Gasteiger partial charge >= 0.3 is 0 Å². The largest absolute Gasteiger partial charge is 0.378 e. The van der Waals surface area contributed by atoms with Crippen molar-refractivity contribution in [1.82, 2.24) is 27.9 Å². The number of sulfonamides is 3. The Kier molecular flexibility index (Phi) is 16.3. The average molecular weight is 1270 g/mol. The molecule has 9 aromatic carbocycles. The number of para-hydroxylation sites is 2. The maximum Gasteiger partial charge on any atom is 0.264 e. The van der Waals surface area contributed by atoms with Crippen LogP contribution < -0.4 is 4.90 Å². The summed E-state index contributed by atoms with van der Waals surface area (Å²) in [7, 11) is -11.0. The third-order valence-electron chi connectivity index (χ3n) is 17.4. The normalized spacial score (nSPS) is 16.9. The number of morpholine rings is 1. The number of rotatable bonds is 12. The van der Waals surface area contributed by atoms with Crippen LogP contribution in [0.1, 0.15) is 79.3 Å². The molecule has 3 N–H and O–H groups in total. The molecule has 16 rings (SSSR count). The minimum atomic E-state index is -3.72. The number of anilines is 1. The van der Waals surface area contributed by atoms with Crippen molar-refractivity contribution in [3.8, 4) is 0 Å². The van der Waals surface area contributed by atoms with Gasteiger partial charge in [0.05, 0.1) is 47.7 Å². The second-order valence-electron chi connectivity index (χ2n) is 23.0. The van der Waals surface area contributed by atoms with Crippen molar-refractivity contribution >= 4 is 86.7 Å². The topological polar surface area (TPSA) is 172 Å². The summed E-state index contributed by atoms with van der Waals surface area (Å²) in [6.45, 7) is 3.12. The highest BCUT2D eigenvalue weighted by Gasteiger charge is 2.38. The fourth-order valence-electron chi connectivity index (χ4n) is 13.0. The van der Waals surface area contributed by atoms with Gasteiger partial charge in [-0.25, -0.2) is 25.3 Å². The zero-order valence-corrected chi connectivity index (χ0v) is 52.4. The standard InChI is InChI=1S/C28H27N3O3S.C24H20N2O2S.C23H18N2O2S/c32-35(33,20-21-6-2-1-3-7-21)31-13-12-22-8-4-5-9-24(22)28(31)26-19-29-27-11-10-23(18-25(26)27)30-14-16-34-17-15-30;27-29(28,17-18-8-2-1-3-9-18)26-15-14-19-10-4-5-11-20(19)24(26)22-16-25-23-13-7-6-12-21(22)23;26-28(27,18-9-2-1-3-10-18)25-15-14-17-8-4-5-11-19(17)23(25)21-16-24-22-13-7-6-12-20(21)22/h1-13,18-19,28-29H,14-17,20H2;1-16,24-25H,17H2;1-16,23-24H. The summed E-state index contributed by atoms with van der Waals surface area (Å²) >= 11 is 0. The molecule has 92 heavy (non-hydrogen) atoms. The Morgan fingerprint density at radius 3 is 1.21 bits per heavy atom. The number of hydrogen-bond acceptors (Lipinski definition) is 8. The number of H-pyrrole nitrogens is 3. The summed E-state index contributed by atoms with van der Waals surface area (Å²) < 4.78 is 91.5. The van der Waals surface area contributed by atoms with Gasteiger partial charge in [0.2, 0.25) is 20.0 Å². The van der Waals surface area contributed by atoms with Crippen LogP contribution in [0.15, 0.2) is 273 Å². The maximum absolute atomic E-state index is 13.8. The third kappa shape index (κ3) is 11.7. The number of nitrogens with one attached hydrogen (secondary N) is 3. The lowest BCUT2D eigenvalue weighted by Crippen LogP contribution is -2.36. The molecular formula is C75H65N7O7S3. The van der Waals surface area contributed by atoms with Crippen LogP contribution in [0.5, 0.6) is 0 Å². The number of benzene rings is 9. The van der Waals surface area contributed by atoms with Crippen molar-refractivity contribution in [2.24, 2.45) is 0 Å². The molecule has 0 bridgehead atoms. The molecule has 3 unspecified atom stereocenters. The first-order valence-electron chi connectivity index (χ1n) is 30.5. The minimum absolute atomic E-state index is 0.0425. The van der Waals surface area contributed by atoms with Crippen LogP contribution in [0.2, 0.25) is 0 Å². The molecule has 14 nitrogen and oxygen atoms in total. The Morgan fingerprint density at radius 1 is 0.370 bits per heavy atom. The second-order valence-corrected chi connectivity index (χ2v) is 28.6. The average Bonchev–Trinajstić information content (AvgIpc) is 1.20. The summed E-state index contributed by atoms with van der Waals surface area (Å²) in [5.41, 5.74) is 14.5. The predicted molar refractivity (Wildman–Crippen MR) is 367 cm³/mol. The Morgan fingerprint density at radius 2 is 0.739 bits per heavy atom. The van der Waals surface area contributed by atoms with Crippen LogP contribution in [0.3, 0.4) is 0 Å². The summed E-state index contributed by atoms with van der Waals surface area (Å²) in [6, 6.07) is 72.2. The molecular weight excluding hydrogens is 1210 g/mol. The number of hydrogen-bond donors (Lipinski definition) is 3. The van der Waals surface area contributed by atoms with E-state index >= 15 is 0 Å². The fourth-order valence-corrected chi connectivity index (χ4v) is 17.5. The SMILES string of the molecule is O=S(=O)(Cc1ccccc1)N1C=Cc2ccccc2C1c1c[nH]c2ccc(N3CCOCC3)cc12.O=S(=O)(Cc1ccccc1)N1C=Cc2ccccc2C1c1c[nH]c2ccccc12.O=S(=O)(c1ccccc1)N1C=Cc2ccccc2C1c1c[nH]c2ccccc12. The maximum atomic E-state index is 13.8. The minimum Gasteiger partial charge on any atom is -0.378 e. The molecule has 1 fully saturated rings. The van der Waals surface area contributed by atoms with Crippen molar-refractivity contribution < 1.29 is 30.0 Å². The molecule has 0 radical (unpaired) electrons. The highest BCUT2D eigenvalue weighted by Crippen LogP contribution is 2.45. The second kappa shape index (κ2) is 25.3. The molecule has 0 amide bonds. The van der Waals surface area contributed by atoms with E-state index in [-0.39, 0.29) is 16.4 Å². The molecule has 460 valence electrons. The third-order valence-corrected chi connectivity index (χ3v) is 22.5. The van der Waals surface area contributed by atoms with E-state index in [0.717, 1.165) is 113 Å². The quantitative estimate of drug-likeness (QED) is 0.108. The van der Waals surface area contributed by atoms with Crippen LogP contribution >= 0.6 is 0 Å². The molecule has 0 spiro atoms. The van der Waals surface area contributed by atoms with E-state index in [0.29, 0.717) is 13.2 Å². The van der Waals surface area contributed by atoms with E-state index in [1.807, 2.05) is 225 Å². The lowest BCUT2D eigenvalue weighted by Gasteiger charge is -2.34. The smallest absolute Gasteiger partial charge is 0.264 e. The first kappa shape index (κ1) is 59.5. The summed E-state index contributed by atoms with van der Waals surface area (Å²) in [5, 5.41) is 3.08. The molecule has 12 aromatic rings. The number of aromatic nitrogens is 3. The van der Waals surface area contributed by atoms with Crippen LogP contribution in [0.25, 0.3) is 50.9 Å². The van der Waals surface area contributed by atoms with Crippen LogP contribution in [0.4, 0.5) is 5.69 Å². The number of nitrogens with zero attached hydrogens (tertiary/aromatic N) is 4. The van der Waals surface area contributed by atoms with Crippen molar-refractivity contribution in [3.05, 3.63) is 329 Å².